The van der Waals surface area contributed by atoms with Crippen LogP contribution in [0.3, 0.4) is 0 Å². The topological polar surface area (TPSA) is 36.9 Å². The molecule has 0 aromatic heterocycles. The van der Waals surface area contributed by atoms with E-state index in [1.54, 1.807) is 27.4 Å². The highest BCUT2D eigenvalue weighted by molar-refractivity contribution is 5.82. The van der Waals surface area contributed by atoms with Gasteiger partial charge in [-0.2, -0.15) is 0 Å². The maximum atomic E-state index is 14.2. The standard InChI is InChI=1S/C23H25FO4/c1-25-15-22(26-2)23(27-3)19-11-20(24)13-21(12-19)28-14-16-8-9-17-6-4-5-7-18(17)10-16/h4-13,22-23H,14-15H2,1-3H3/t22-,23-/m1/s1. The first-order chi connectivity index (χ1) is 13.6. The second-order valence-electron chi connectivity index (χ2n) is 6.58. The lowest BCUT2D eigenvalue weighted by Crippen LogP contribution is -2.27. The third-order valence-corrected chi connectivity index (χ3v) is 4.67. The molecule has 0 heterocycles. The van der Waals surface area contributed by atoms with Gasteiger partial charge in [-0.25, -0.2) is 4.39 Å². The van der Waals surface area contributed by atoms with Crippen molar-refractivity contribution in [2.45, 2.75) is 18.8 Å². The van der Waals surface area contributed by atoms with Crippen LogP contribution < -0.4 is 4.74 Å². The molecule has 0 aliphatic heterocycles. The fourth-order valence-corrected chi connectivity index (χ4v) is 3.27. The first-order valence-electron chi connectivity index (χ1n) is 9.10. The molecule has 2 atom stereocenters. The molecule has 0 unspecified atom stereocenters. The Morgan fingerprint density at radius 1 is 0.857 bits per heavy atom. The van der Waals surface area contributed by atoms with Crippen LogP contribution in [-0.4, -0.2) is 34.0 Å². The second-order valence-corrected chi connectivity index (χ2v) is 6.58. The van der Waals surface area contributed by atoms with Crippen LogP contribution >= 0.6 is 0 Å². The number of hydrogen-bond donors (Lipinski definition) is 0. The number of fused-ring (bicyclic) bond motifs is 1. The third kappa shape index (κ3) is 4.87. The average Bonchev–Trinajstić information content (AvgIpc) is 2.71. The average molecular weight is 384 g/mol. The molecule has 3 aromatic rings. The zero-order valence-corrected chi connectivity index (χ0v) is 16.4. The minimum absolute atomic E-state index is 0.332. The summed E-state index contributed by atoms with van der Waals surface area (Å²) in [4.78, 5) is 0. The van der Waals surface area contributed by atoms with Crippen LogP contribution in [-0.2, 0) is 20.8 Å². The van der Waals surface area contributed by atoms with E-state index in [1.165, 1.54) is 17.5 Å². The van der Waals surface area contributed by atoms with E-state index in [9.17, 15) is 4.39 Å². The number of methoxy groups -OCH3 is 3. The minimum atomic E-state index is -0.469. The predicted octanol–water partition coefficient (Wildman–Crippen LogP) is 4.91. The Morgan fingerprint density at radius 2 is 1.64 bits per heavy atom. The molecule has 0 saturated heterocycles. The lowest BCUT2D eigenvalue weighted by Gasteiger charge is -2.25. The van der Waals surface area contributed by atoms with E-state index in [4.69, 9.17) is 18.9 Å². The van der Waals surface area contributed by atoms with Gasteiger partial charge in [0.25, 0.3) is 0 Å². The van der Waals surface area contributed by atoms with Gasteiger partial charge in [0.05, 0.1) is 6.61 Å². The van der Waals surface area contributed by atoms with Crippen molar-refractivity contribution >= 4 is 10.8 Å². The normalized spacial score (nSPS) is 13.4. The van der Waals surface area contributed by atoms with Gasteiger partial charge in [0.1, 0.15) is 30.4 Å². The monoisotopic (exact) mass is 384 g/mol. The highest BCUT2D eigenvalue weighted by Gasteiger charge is 2.24. The molecule has 0 spiro atoms. The van der Waals surface area contributed by atoms with E-state index in [1.807, 2.05) is 18.2 Å². The molecule has 148 valence electrons. The summed E-state index contributed by atoms with van der Waals surface area (Å²) in [6, 6.07) is 18.9. The van der Waals surface area contributed by atoms with Crippen LogP contribution in [0.25, 0.3) is 10.8 Å². The molecule has 4 nitrogen and oxygen atoms in total. The minimum Gasteiger partial charge on any atom is -0.489 e. The highest BCUT2D eigenvalue weighted by atomic mass is 19.1. The van der Waals surface area contributed by atoms with Crippen molar-refractivity contribution in [3.8, 4) is 5.75 Å². The lowest BCUT2D eigenvalue weighted by molar-refractivity contribution is -0.0698. The molecular formula is C23H25FO4. The molecular weight excluding hydrogens is 359 g/mol. The van der Waals surface area contributed by atoms with Crippen molar-refractivity contribution in [1.29, 1.82) is 0 Å². The zero-order valence-electron chi connectivity index (χ0n) is 16.4. The maximum absolute atomic E-state index is 14.2. The van der Waals surface area contributed by atoms with Crippen molar-refractivity contribution in [2.75, 3.05) is 27.9 Å². The molecule has 5 heteroatoms. The second kappa shape index (κ2) is 9.64. The van der Waals surface area contributed by atoms with Crippen LogP contribution in [0, 0.1) is 5.82 Å². The molecule has 0 radical (unpaired) electrons. The summed E-state index contributed by atoms with van der Waals surface area (Å²) in [6.45, 7) is 0.677. The van der Waals surface area contributed by atoms with Crippen LogP contribution in [0.5, 0.6) is 5.75 Å². The molecule has 0 aliphatic carbocycles. The largest absolute Gasteiger partial charge is 0.489 e. The molecule has 0 saturated carbocycles. The fourth-order valence-electron chi connectivity index (χ4n) is 3.27. The van der Waals surface area contributed by atoms with Crippen LogP contribution in [0.15, 0.2) is 60.7 Å². The summed E-state index contributed by atoms with van der Waals surface area (Å²) in [5, 5.41) is 2.32. The Kier molecular flexibility index (Phi) is 6.98. The van der Waals surface area contributed by atoms with Crippen LogP contribution in [0.1, 0.15) is 17.2 Å². The van der Waals surface area contributed by atoms with Gasteiger partial charge in [-0.15, -0.1) is 0 Å². The fraction of sp³-hybridized carbons (Fsp3) is 0.304. The van der Waals surface area contributed by atoms with Gasteiger partial charge < -0.3 is 18.9 Å². The Labute approximate surface area is 164 Å². The van der Waals surface area contributed by atoms with E-state index in [0.29, 0.717) is 24.5 Å². The number of halogens is 1. The first kappa shape index (κ1) is 20.3. The predicted molar refractivity (Wildman–Crippen MR) is 107 cm³/mol. The molecule has 0 aliphatic rings. The van der Waals surface area contributed by atoms with E-state index in [-0.39, 0.29) is 11.9 Å². The zero-order chi connectivity index (χ0) is 19.9. The number of hydrogen-bond acceptors (Lipinski definition) is 4. The molecule has 0 N–H and O–H groups in total. The van der Waals surface area contributed by atoms with Gasteiger partial charge in [0, 0.05) is 27.4 Å². The van der Waals surface area contributed by atoms with E-state index < -0.39 is 6.10 Å². The molecule has 3 aromatic carbocycles. The van der Waals surface area contributed by atoms with Crippen LogP contribution in [0.2, 0.25) is 0 Å². The number of rotatable bonds is 9. The third-order valence-electron chi connectivity index (χ3n) is 4.67. The first-order valence-corrected chi connectivity index (χ1v) is 9.10. The number of ether oxygens (including phenoxy) is 4. The maximum Gasteiger partial charge on any atom is 0.127 e. The molecule has 0 fully saturated rings. The summed E-state index contributed by atoms with van der Waals surface area (Å²) in [5.41, 5.74) is 1.65. The number of benzene rings is 3. The van der Waals surface area contributed by atoms with Gasteiger partial charge in [0.15, 0.2) is 0 Å². The Balaban J connectivity index is 1.78. The Hall–Kier alpha value is -2.47. The smallest absolute Gasteiger partial charge is 0.127 e. The molecule has 0 bridgehead atoms. The molecule has 3 rings (SSSR count). The van der Waals surface area contributed by atoms with Crippen LogP contribution in [0.4, 0.5) is 4.39 Å². The van der Waals surface area contributed by atoms with Gasteiger partial charge >= 0.3 is 0 Å². The van der Waals surface area contributed by atoms with Crippen molar-refractivity contribution in [3.05, 3.63) is 77.6 Å². The van der Waals surface area contributed by atoms with Gasteiger partial charge in [-0.3, -0.25) is 0 Å². The van der Waals surface area contributed by atoms with Crippen molar-refractivity contribution in [2.24, 2.45) is 0 Å². The summed E-state index contributed by atoms with van der Waals surface area (Å²) < 4.78 is 36.2. The lowest BCUT2D eigenvalue weighted by atomic mass is 10.0. The van der Waals surface area contributed by atoms with Gasteiger partial charge in [-0.05, 0) is 40.1 Å². The van der Waals surface area contributed by atoms with E-state index in [2.05, 4.69) is 24.3 Å². The van der Waals surface area contributed by atoms with E-state index >= 15 is 0 Å². The van der Waals surface area contributed by atoms with Crippen molar-refractivity contribution < 1.29 is 23.3 Å². The highest BCUT2D eigenvalue weighted by Crippen LogP contribution is 2.28. The summed E-state index contributed by atoms with van der Waals surface area (Å²) in [6.07, 6.45) is -0.825. The molecule has 0 amide bonds. The van der Waals surface area contributed by atoms with Crippen molar-refractivity contribution in [3.63, 3.8) is 0 Å². The quantitative estimate of drug-likeness (QED) is 0.525. The van der Waals surface area contributed by atoms with Gasteiger partial charge in [-0.1, -0.05) is 36.4 Å². The summed E-state index contributed by atoms with van der Waals surface area (Å²) in [7, 11) is 4.72. The Morgan fingerprint density at radius 3 is 2.36 bits per heavy atom. The van der Waals surface area contributed by atoms with E-state index in [0.717, 1.165) is 10.9 Å². The molecule has 28 heavy (non-hydrogen) atoms. The SMILES string of the molecule is COC[C@@H](OC)[C@H](OC)c1cc(F)cc(OCc2ccc3ccccc3c2)c1. The van der Waals surface area contributed by atoms with Gasteiger partial charge in [0.2, 0.25) is 0 Å². The summed E-state index contributed by atoms with van der Waals surface area (Å²) >= 11 is 0. The van der Waals surface area contributed by atoms with Crippen molar-refractivity contribution in [1.82, 2.24) is 0 Å². The Bertz CT molecular complexity index is 912. The summed E-state index contributed by atoms with van der Waals surface area (Å²) in [5.74, 6) is 0.0535.